The van der Waals surface area contributed by atoms with E-state index in [1.165, 1.54) is 5.57 Å². The average Bonchev–Trinajstić information content (AvgIpc) is 2.09. The van der Waals surface area contributed by atoms with E-state index in [1.807, 2.05) is 6.08 Å². The van der Waals surface area contributed by atoms with E-state index in [1.54, 1.807) is 0 Å². The Morgan fingerprint density at radius 3 is 2.19 bits per heavy atom. The summed E-state index contributed by atoms with van der Waals surface area (Å²) in [6, 6.07) is 0. The Bertz CT molecular complexity index is 276. The molecule has 16 heavy (non-hydrogen) atoms. The molecule has 0 saturated heterocycles. The summed E-state index contributed by atoms with van der Waals surface area (Å²) >= 11 is 0. The van der Waals surface area contributed by atoms with Crippen molar-refractivity contribution in [3.8, 4) is 0 Å². The van der Waals surface area contributed by atoms with Gasteiger partial charge in [-0.25, -0.2) is 0 Å². The van der Waals surface area contributed by atoms with Gasteiger partial charge >= 0.3 is 0 Å². The van der Waals surface area contributed by atoms with Crippen molar-refractivity contribution >= 4 is 8.32 Å². The maximum Gasteiger partial charge on any atom is 0.192 e. The summed E-state index contributed by atoms with van der Waals surface area (Å²) in [6.45, 7) is 18.5. The second kappa shape index (κ2) is 5.86. The zero-order valence-electron chi connectivity index (χ0n) is 12.3. The van der Waals surface area contributed by atoms with Crippen LogP contribution in [0.4, 0.5) is 0 Å². The van der Waals surface area contributed by atoms with E-state index in [4.69, 9.17) is 4.43 Å². The third-order valence-corrected chi connectivity index (χ3v) is 8.03. The molecule has 94 valence electrons. The number of rotatable bonds is 4. The fourth-order valence-corrected chi connectivity index (χ4v) is 1.77. The predicted octanol–water partition coefficient (Wildman–Crippen LogP) is 4.77. The fourth-order valence-electron chi connectivity index (χ4n) is 0.836. The van der Waals surface area contributed by atoms with Crippen LogP contribution in [0.25, 0.3) is 0 Å². The molecule has 0 fully saturated rings. The lowest BCUT2D eigenvalue weighted by molar-refractivity contribution is 0.328. The first kappa shape index (κ1) is 15.7. The van der Waals surface area contributed by atoms with E-state index >= 15 is 0 Å². The SMILES string of the molecule is CC(=C=CCO[Si](C)(C)C(C)(C)C)C(C)C. The van der Waals surface area contributed by atoms with Gasteiger partial charge in [-0.2, -0.15) is 0 Å². The van der Waals surface area contributed by atoms with Crippen molar-refractivity contribution in [3.63, 3.8) is 0 Å². The van der Waals surface area contributed by atoms with Crippen LogP contribution in [0.2, 0.25) is 18.1 Å². The lowest BCUT2D eigenvalue weighted by atomic mass is 10.1. The van der Waals surface area contributed by atoms with Gasteiger partial charge in [0.25, 0.3) is 0 Å². The first-order chi connectivity index (χ1) is 7.08. The van der Waals surface area contributed by atoms with Crippen molar-refractivity contribution in [3.05, 3.63) is 17.4 Å². The van der Waals surface area contributed by atoms with E-state index < -0.39 is 8.32 Å². The van der Waals surface area contributed by atoms with Gasteiger partial charge < -0.3 is 4.43 Å². The molecule has 0 aromatic carbocycles. The van der Waals surface area contributed by atoms with Crippen molar-refractivity contribution in [1.82, 2.24) is 0 Å². The molecule has 1 nitrogen and oxygen atoms in total. The Labute approximate surface area is 103 Å². The van der Waals surface area contributed by atoms with Gasteiger partial charge in [-0.3, -0.25) is 0 Å². The molecule has 0 aliphatic heterocycles. The second-order valence-corrected chi connectivity index (χ2v) is 11.1. The van der Waals surface area contributed by atoms with Gasteiger partial charge in [-0.05, 0) is 42.6 Å². The Morgan fingerprint density at radius 1 is 1.31 bits per heavy atom. The Kier molecular flexibility index (Phi) is 5.75. The fraction of sp³-hybridized carbons (Fsp3) is 0.786. The maximum absolute atomic E-state index is 6.03. The predicted molar refractivity (Wildman–Crippen MR) is 75.3 cm³/mol. The van der Waals surface area contributed by atoms with Crippen LogP contribution in [-0.4, -0.2) is 14.9 Å². The summed E-state index contributed by atoms with van der Waals surface area (Å²) in [4.78, 5) is 0. The van der Waals surface area contributed by atoms with Crippen LogP contribution in [0.5, 0.6) is 0 Å². The highest BCUT2D eigenvalue weighted by atomic mass is 28.4. The molecule has 0 aromatic heterocycles. The Morgan fingerprint density at radius 2 is 1.81 bits per heavy atom. The molecule has 0 atom stereocenters. The third-order valence-electron chi connectivity index (χ3n) is 3.53. The quantitative estimate of drug-likeness (QED) is 0.508. The minimum absolute atomic E-state index is 0.289. The van der Waals surface area contributed by atoms with Gasteiger partial charge in [0.15, 0.2) is 8.32 Å². The smallest absolute Gasteiger partial charge is 0.192 e. The van der Waals surface area contributed by atoms with Crippen molar-refractivity contribution in [1.29, 1.82) is 0 Å². The monoisotopic (exact) mass is 240 g/mol. The largest absolute Gasteiger partial charge is 0.413 e. The van der Waals surface area contributed by atoms with Crippen LogP contribution in [0, 0.1) is 5.92 Å². The first-order valence-corrected chi connectivity index (χ1v) is 9.04. The van der Waals surface area contributed by atoms with Crippen molar-refractivity contribution in [2.45, 2.75) is 59.7 Å². The minimum atomic E-state index is -1.58. The molecule has 0 bridgehead atoms. The topological polar surface area (TPSA) is 9.23 Å². The van der Waals surface area contributed by atoms with Crippen LogP contribution in [0.15, 0.2) is 17.4 Å². The zero-order chi connectivity index (χ0) is 13.0. The molecular weight excluding hydrogens is 212 g/mol. The maximum atomic E-state index is 6.03. The molecule has 0 amide bonds. The van der Waals surface area contributed by atoms with Crippen molar-refractivity contribution in [2.75, 3.05) is 6.61 Å². The van der Waals surface area contributed by atoms with Gasteiger partial charge in [0.2, 0.25) is 0 Å². The van der Waals surface area contributed by atoms with Crippen molar-refractivity contribution < 1.29 is 4.43 Å². The van der Waals surface area contributed by atoms with Crippen LogP contribution < -0.4 is 0 Å². The standard InChI is InChI=1S/C14H28OSi/c1-12(2)13(3)10-9-11-15-16(7,8)14(4,5)6/h9,12H,11H2,1-8H3. The minimum Gasteiger partial charge on any atom is -0.413 e. The molecular formula is C14H28OSi. The summed E-state index contributed by atoms with van der Waals surface area (Å²) in [5.74, 6) is 0.573. The summed E-state index contributed by atoms with van der Waals surface area (Å²) in [5, 5.41) is 0.289. The summed E-state index contributed by atoms with van der Waals surface area (Å²) in [6.07, 6.45) is 2.02. The molecule has 2 heteroatoms. The van der Waals surface area contributed by atoms with Crippen molar-refractivity contribution in [2.24, 2.45) is 5.92 Å². The molecule has 0 heterocycles. The molecule has 0 aliphatic carbocycles. The lowest BCUT2D eigenvalue weighted by Crippen LogP contribution is -2.40. The zero-order valence-corrected chi connectivity index (χ0v) is 13.3. The number of hydrogen-bond acceptors (Lipinski definition) is 1. The van der Waals surface area contributed by atoms with E-state index in [-0.39, 0.29) is 5.04 Å². The lowest BCUT2D eigenvalue weighted by Gasteiger charge is -2.35. The Balaban J connectivity index is 4.34. The third kappa shape index (κ3) is 5.15. The van der Waals surface area contributed by atoms with Gasteiger partial charge in [-0.15, -0.1) is 5.73 Å². The molecule has 0 saturated carbocycles. The van der Waals surface area contributed by atoms with E-state index in [9.17, 15) is 0 Å². The summed E-state index contributed by atoms with van der Waals surface area (Å²) < 4.78 is 6.03. The van der Waals surface area contributed by atoms with Gasteiger partial charge in [-0.1, -0.05) is 34.6 Å². The normalized spacial score (nSPS) is 12.6. The second-order valence-electron chi connectivity index (χ2n) is 6.26. The molecule has 0 unspecified atom stereocenters. The average molecular weight is 240 g/mol. The van der Waals surface area contributed by atoms with E-state index in [0.29, 0.717) is 12.5 Å². The van der Waals surface area contributed by atoms with Crippen LogP contribution >= 0.6 is 0 Å². The Hall–Kier alpha value is -0.303. The highest BCUT2D eigenvalue weighted by Crippen LogP contribution is 2.36. The van der Waals surface area contributed by atoms with Crippen LogP contribution in [0.1, 0.15) is 41.5 Å². The molecule has 0 N–H and O–H groups in total. The molecule has 0 aliphatic rings. The molecule has 0 aromatic rings. The number of hydrogen-bond donors (Lipinski definition) is 0. The van der Waals surface area contributed by atoms with Gasteiger partial charge in [0.1, 0.15) is 0 Å². The highest BCUT2D eigenvalue weighted by Gasteiger charge is 2.36. The van der Waals surface area contributed by atoms with Crippen LogP contribution in [0.3, 0.4) is 0 Å². The van der Waals surface area contributed by atoms with Gasteiger partial charge in [0.05, 0.1) is 6.61 Å². The van der Waals surface area contributed by atoms with Gasteiger partial charge in [0, 0.05) is 0 Å². The first-order valence-electron chi connectivity index (χ1n) is 6.13. The van der Waals surface area contributed by atoms with E-state index in [0.717, 1.165) is 0 Å². The van der Waals surface area contributed by atoms with E-state index in [2.05, 4.69) is 60.4 Å². The summed E-state index contributed by atoms with van der Waals surface area (Å²) in [5.41, 5.74) is 4.59. The molecule has 0 rings (SSSR count). The molecule has 0 spiro atoms. The van der Waals surface area contributed by atoms with Crippen LogP contribution in [-0.2, 0) is 4.43 Å². The molecule has 0 radical (unpaired) electrons. The summed E-state index contributed by atoms with van der Waals surface area (Å²) in [7, 11) is -1.58. The highest BCUT2D eigenvalue weighted by molar-refractivity contribution is 6.74.